The van der Waals surface area contributed by atoms with Crippen LogP contribution in [0.5, 0.6) is 0 Å². The molecule has 0 spiro atoms. The Morgan fingerprint density at radius 1 is 0.359 bits per heavy atom. The third-order valence-electron chi connectivity index (χ3n) is 6.17. The Bertz CT molecular complexity index is 3310. The number of hydrogen-bond acceptors (Lipinski definition) is 1. The maximum atomic E-state index is 9.54. The van der Waals surface area contributed by atoms with E-state index in [0.717, 1.165) is 6.07 Å². The van der Waals surface area contributed by atoms with Gasteiger partial charge in [-0.25, -0.2) is 0 Å². The largest absolute Gasteiger partial charge is 0.456 e. The van der Waals surface area contributed by atoms with E-state index in [-0.39, 0.29) is 5.39 Å². The first-order valence-electron chi connectivity index (χ1n) is 23.0. The van der Waals surface area contributed by atoms with Crippen molar-refractivity contribution in [3.63, 3.8) is 0 Å². The van der Waals surface area contributed by atoms with Crippen molar-refractivity contribution in [2.45, 2.75) is 0 Å². The standard InChI is InChI=1S/C38H24O/c1-2-10-25(11-3-1)26-18-20-27(21-19-26)37-30-13-4-6-15-32(30)38(33-16-7-5-14-31(33)37)28-22-23-36-34(24-28)29-12-8-9-17-35(29)39-36/h1-24H/i2D,3D,4D,5D,6D,7D,8D,9D,10D,11D,12D,13D,14D,15D,16D,17D,18D,19D,20D,21D,22D,23D,24D. The van der Waals surface area contributed by atoms with Gasteiger partial charge in [-0.15, -0.1) is 0 Å². The highest BCUT2D eigenvalue weighted by Gasteiger charge is 2.17. The zero-order chi connectivity index (χ0) is 45.8. The highest BCUT2D eigenvalue weighted by atomic mass is 16.3. The van der Waals surface area contributed by atoms with E-state index in [9.17, 15) is 11.0 Å². The average molecular weight is 520 g/mol. The van der Waals surface area contributed by atoms with Crippen molar-refractivity contribution in [2.75, 3.05) is 0 Å². The second-order valence-electron chi connectivity index (χ2n) is 8.32. The molecule has 7 aromatic carbocycles. The van der Waals surface area contributed by atoms with E-state index in [1.54, 1.807) is 0 Å². The number of fused-ring (bicyclic) bond motifs is 5. The zero-order valence-corrected chi connectivity index (χ0v) is 19.5. The van der Waals surface area contributed by atoms with Crippen LogP contribution in [-0.2, 0) is 0 Å². The summed E-state index contributed by atoms with van der Waals surface area (Å²) in [7, 11) is 0. The minimum absolute atomic E-state index is 0.385. The van der Waals surface area contributed by atoms with Crippen molar-refractivity contribution in [1.29, 1.82) is 0 Å². The summed E-state index contributed by atoms with van der Waals surface area (Å²) >= 11 is 0. The molecule has 0 radical (unpaired) electrons. The SMILES string of the molecule is [2H]c1cc([2H])c([2H])c(-c2c([2H])c([2H])c(-c3c4c([2H])c([2H])c([2H])c([2H])c4c(-c4c([2H])c([2H])c5oc6c([2H])c([2H])c([2H])c([2H])c6c5c4[2H])c4c([2H])c([2H])c([2H])c([2H])c34)c([2H])c2[2H])c1[2H]. The highest BCUT2D eigenvalue weighted by Crippen LogP contribution is 2.44. The smallest absolute Gasteiger partial charge is 0.135 e. The summed E-state index contributed by atoms with van der Waals surface area (Å²) in [5.74, 6) is 0. The van der Waals surface area contributed by atoms with Gasteiger partial charge in [-0.2, -0.15) is 0 Å². The second-order valence-corrected chi connectivity index (χ2v) is 8.32. The van der Waals surface area contributed by atoms with Gasteiger partial charge in [-0.05, 0) is 73.1 Å². The van der Waals surface area contributed by atoms with E-state index < -0.39 is 210 Å². The fraction of sp³-hybridized carbons (Fsp3) is 0. The minimum atomic E-state index is -0.979. The van der Waals surface area contributed by atoms with Gasteiger partial charge in [0.05, 0.1) is 31.5 Å². The molecule has 8 rings (SSSR count). The first kappa shape index (κ1) is 8.97. The van der Waals surface area contributed by atoms with E-state index in [2.05, 4.69) is 0 Å². The molecule has 1 heterocycles. The van der Waals surface area contributed by atoms with Crippen molar-refractivity contribution in [2.24, 2.45) is 0 Å². The Balaban J connectivity index is 1.70. The van der Waals surface area contributed by atoms with Crippen molar-refractivity contribution < 1.29 is 35.9 Å². The number of furan rings is 1. The van der Waals surface area contributed by atoms with Crippen LogP contribution in [0.1, 0.15) is 31.5 Å². The van der Waals surface area contributed by atoms with E-state index in [1.165, 1.54) is 0 Å². The van der Waals surface area contributed by atoms with Crippen LogP contribution < -0.4 is 0 Å². The molecule has 0 aliphatic rings. The third-order valence-corrected chi connectivity index (χ3v) is 6.17. The van der Waals surface area contributed by atoms with Gasteiger partial charge in [0, 0.05) is 10.8 Å². The Labute approximate surface area is 258 Å². The van der Waals surface area contributed by atoms with Crippen LogP contribution in [0.15, 0.2) is 149 Å². The Morgan fingerprint density at radius 3 is 1.46 bits per heavy atom. The summed E-state index contributed by atoms with van der Waals surface area (Å²) in [6.45, 7) is 0. The summed E-state index contributed by atoms with van der Waals surface area (Å²) in [5.41, 5.74) is -5.01. The monoisotopic (exact) mass is 519 g/mol. The van der Waals surface area contributed by atoms with E-state index in [0.29, 0.717) is 0 Å². The van der Waals surface area contributed by atoms with Gasteiger partial charge >= 0.3 is 0 Å². The van der Waals surface area contributed by atoms with Crippen LogP contribution in [0.4, 0.5) is 0 Å². The molecule has 0 saturated carbocycles. The molecule has 0 unspecified atom stereocenters. The number of rotatable bonds is 3. The lowest BCUT2D eigenvalue weighted by Gasteiger charge is -2.18. The molecular formula is C38H24O. The molecule has 0 saturated heterocycles. The van der Waals surface area contributed by atoms with Crippen LogP contribution in [0, 0.1) is 0 Å². The van der Waals surface area contributed by atoms with E-state index in [1.807, 2.05) is 0 Å². The highest BCUT2D eigenvalue weighted by molar-refractivity contribution is 6.22. The van der Waals surface area contributed by atoms with Gasteiger partial charge < -0.3 is 4.42 Å². The molecule has 1 aromatic heterocycles. The molecule has 0 aliphatic carbocycles. The van der Waals surface area contributed by atoms with Crippen molar-refractivity contribution in [1.82, 2.24) is 0 Å². The summed E-state index contributed by atoms with van der Waals surface area (Å²) in [5, 5.41) is -3.44. The summed E-state index contributed by atoms with van der Waals surface area (Å²) in [6, 6.07) is -18.2. The predicted octanol–water partition coefficient (Wildman–Crippen LogP) is 10.9. The number of para-hydroxylation sites is 1. The maximum absolute atomic E-state index is 9.54. The molecule has 182 valence electrons. The predicted molar refractivity (Wildman–Crippen MR) is 165 cm³/mol. The molecule has 0 bridgehead atoms. The molecule has 0 atom stereocenters. The average Bonchev–Trinajstić information content (AvgIpc) is 3.65. The molecule has 1 heteroatoms. The summed E-state index contributed by atoms with van der Waals surface area (Å²) in [6.07, 6.45) is 0. The maximum Gasteiger partial charge on any atom is 0.135 e. The zero-order valence-electron chi connectivity index (χ0n) is 42.5. The van der Waals surface area contributed by atoms with E-state index in [4.69, 9.17) is 25.0 Å². The van der Waals surface area contributed by atoms with Crippen molar-refractivity contribution in [3.05, 3.63) is 145 Å². The van der Waals surface area contributed by atoms with Crippen molar-refractivity contribution >= 4 is 43.5 Å². The topological polar surface area (TPSA) is 13.1 Å². The van der Waals surface area contributed by atoms with Gasteiger partial charge in [0.25, 0.3) is 0 Å². The molecule has 0 fully saturated rings. The minimum Gasteiger partial charge on any atom is -0.456 e. The Morgan fingerprint density at radius 2 is 0.821 bits per heavy atom. The first-order chi connectivity index (χ1) is 28.9. The van der Waals surface area contributed by atoms with E-state index >= 15 is 0 Å². The number of benzene rings is 7. The van der Waals surface area contributed by atoms with Crippen LogP contribution >= 0.6 is 0 Å². The first-order valence-corrected chi connectivity index (χ1v) is 11.5. The molecule has 8 aromatic rings. The summed E-state index contributed by atoms with van der Waals surface area (Å²) < 4.78 is 209. The lowest BCUT2D eigenvalue weighted by Crippen LogP contribution is -1.91. The molecule has 0 N–H and O–H groups in total. The Hall–Kier alpha value is -5.14. The van der Waals surface area contributed by atoms with Gasteiger partial charge in [0.2, 0.25) is 0 Å². The van der Waals surface area contributed by atoms with Gasteiger partial charge in [-0.3, -0.25) is 0 Å². The van der Waals surface area contributed by atoms with Crippen molar-refractivity contribution in [3.8, 4) is 33.4 Å². The lowest BCUT2D eigenvalue weighted by molar-refractivity contribution is 0.669. The Kier molecular flexibility index (Phi) is 2.00. The van der Waals surface area contributed by atoms with Crippen LogP contribution in [0.25, 0.3) is 76.9 Å². The summed E-state index contributed by atoms with van der Waals surface area (Å²) in [4.78, 5) is 0. The normalized spacial score (nSPS) is 19.8. The van der Waals surface area contributed by atoms with Crippen LogP contribution in [0.3, 0.4) is 0 Å². The molecule has 0 aliphatic heterocycles. The quantitative estimate of drug-likeness (QED) is 0.212. The number of hydrogen-bond donors (Lipinski definition) is 0. The molecule has 1 nitrogen and oxygen atoms in total. The molecule has 0 amide bonds. The van der Waals surface area contributed by atoms with Crippen LogP contribution in [0.2, 0.25) is 0 Å². The third kappa shape index (κ3) is 3.48. The lowest BCUT2D eigenvalue weighted by atomic mass is 9.85. The fourth-order valence-electron chi connectivity index (χ4n) is 4.52. The van der Waals surface area contributed by atoms with Gasteiger partial charge in [-0.1, -0.05) is 127 Å². The van der Waals surface area contributed by atoms with Gasteiger partial charge in [0.15, 0.2) is 0 Å². The molecule has 39 heavy (non-hydrogen) atoms. The van der Waals surface area contributed by atoms with Gasteiger partial charge in [0.1, 0.15) is 11.2 Å². The molecular weight excluding hydrogens is 472 g/mol. The van der Waals surface area contributed by atoms with Crippen LogP contribution in [-0.4, -0.2) is 0 Å². The second kappa shape index (κ2) is 8.72. The fourth-order valence-corrected chi connectivity index (χ4v) is 4.52.